The molecule has 0 saturated carbocycles. The highest BCUT2D eigenvalue weighted by atomic mass is 16.7. The number of benzene rings is 1. The van der Waals surface area contributed by atoms with Gasteiger partial charge in [0, 0.05) is 20.6 Å². The van der Waals surface area contributed by atoms with Crippen molar-refractivity contribution in [1.82, 2.24) is 4.90 Å². The standard InChI is InChI=1S/C19H27NO6/c1-23-17(24-2)10-19(22)8-15-12-25-13-16(9-19)20(15)18(21)26-11-14-6-4-3-5-7-14/h3-7,15-17,22H,8-13H2,1-2H3. The molecule has 2 fully saturated rings. The highest BCUT2D eigenvalue weighted by Crippen LogP contribution is 2.38. The fourth-order valence-corrected chi connectivity index (χ4v) is 3.91. The Morgan fingerprint density at radius 1 is 1.23 bits per heavy atom. The smallest absolute Gasteiger partial charge is 0.410 e. The zero-order chi connectivity index (χ0) is 18.6. The molecule has 144 valence electrons. The number of hydrogen-bond acceptors (Lipinski definition) is 6. The second-order valence-corrected chi connectivity index (χ2v) is 7.03. The van der Waals surface area contributed by atoms with Crippen molar-refractivity contribution in [2.24, 2.45) is 0 Å². The Balaban J connectivity index is 1.63. The molecule has 7 nitrogen and oxygen atoms in total. The van der Waals surface area contributed by atoms with Crippen LogP contribution in [0.3, 0.4) is 0 Å². The summed E-state index contributed by atoms with van der Waals surface area (Å²) in [5.41, 5.74) is -0.00903. The zero-order valence-corrected chi connectivity index (χ0v) is 15.3. The molecule has 1 aromatic rings. The van der Waals surface area contributed by atoms with E-state index in [9.17, 15) is 9.90 Å². The summed E-state index contributed by atoms with van der Waals surface area (Å²) in [6.07, 6.45) is 0.350. The second-order valence-electron chi connectivity index (χ2n) is 7.03. The summed E-state index contributed by atoms with van der Waals surface area (Å²) in [6, 6.07) is 9.15. The van der Waals surface area contributed by atoms with Crippen LogP contribution in [-0.2, 0) is 25.6 Å². The third-order valence-corrected chi connectivity index (χ3v) is 5.13. The minimum absolute atomic E-state index is 0.217. The van der Waals surface area contributed by atoms with Crippen molar-refractivity contribution in [1.29, 1.82) is 0 Å². The van der Waals surface area contributed by atoms with Gasteiger partial charge in [0.05, 0.1) is 30.9 Å². The number of nitrogens with zero attached hydrogens (tertiary/aromatic N) is 1. The molecule has 2 saturated heterocycles. The summed E-state index contributed by atoms with van der Waals surface area (Å²) in [7, 11) is 3.11. The average molecular weight is 365 g/mol. The number of fused-ring (bicyclic) bond motifs is 2. The molecule has 2 aliphatic rings. The molecule has 2 atom stereocenters. The van der Waals surface area contributed by atoms with Crippen molar-refractivity contribution in [2.45, 2.75) is 49.8 Å². The fourth-order valence-electron chi connectivity index (χ4n) is 3.91. The predicted molar refractivity (Wildman–Crippen MR) is 93.5 cm³/mol. The highest BCUT2D eigenvalue weighted by Gasteiger charge is 2.49. The number of methoxy groups -OCH3 is 2. The lowest BCUT2D eigenvalue weighted by Crippen LogP contribution is -2.64. The van der Waals surface area contributed by atoms with Gasteiger partial charge in [0.25, 0.3) is 0 Å². The number of carbonyl (C=O) groups excluding carboxylic acids is 1. The minimum atomic E-state index is -0.952. The van der Waals surface area contributed by atoms with Crippen LogP contribution in [0.2, 0.25) is 0 Å². The Bertz CT molecular complexity index is 577. The number of aliphatic hydroxyl groups is 1. The molecule has 0 aliphatic carbocycles. The number of piperidine rings is 1. The molecule has 1 aromatic carbocycles. The van der Waals surface area contributed by atoms with Crippen LogP contribution in [0.4, 0.5) is 4.79 Å². The van der Waals surface area contributed by atoms with Gasteiger partial charge < -0.3 is 24.1 Å². The normalized spacial score (nSPS) is 28.2. The van der Waals surface area contributed by atoms with Crippen LogP contribution in [0.1, 0.15) is 24.8 Å². The average Bonchev–Trinajstić information content (AvgIpc) is 2.64. The van der Waals surface area contributed by atoms with Gasteiger partial charge in [-0.3, -0.25) is 4.90 Å². The Hall–Kier alpha value is -1.67. The van der Waals surface area contributed by atoms with Crippen molar-refractivity contribution in [3.05, 3.63) is 35.9 Å². The van der Waals surface area contributed by atoms with Crippen LogP contribution < -0.4 is 0 Å². The molecule has 2 bridgehead atoms. The van der Waals surface area contributed by atoms with Crippen LogP contribution >= 0.6 is 0 Å². The zero-order valence-electron chi connectivity index (χ0n) is 15.3. The Morgan fingerprint density at radius 3 is 2.42 bits per heavy atom. The number of carbonyl (C=O) groups is 1. The molecule has 0 spiro atoms. The van der Waals surface area contributed by atoms with E-state index in [4.69, 9.17) is 18.9 Å². The van der Waals surface area contributed by atoms with Crippen LogP contribution in [0.5, 0.6) is 0 Å². The lowest BCUT2D eigenvalue weighted by Gasteiger charge is -2.51. The summed E-state index contributed by atoms with van der Waals surface area (Å²) < 4.78 is 21.6. The Kier molecular flexibility index (Phi) is 6.13. The van der Waals surface area contributed by atoms with Gasteiger partial charge in [-0.1, -0.05) is 30.3 Å². The van der Waals surface area contributed by atoms with Gasteiger partial charge in [0.2, 0.25) is 0 Å². The van der Waals surface area contributed by atoms with Gasteiger partial charge in [-0.25, -0.2) is 4.79 Å². The molecule has 2 aliphatic heterocycles. The van der Waals surface area contributed by atoms with E-state index in [1.165, 1.54) is 0 Å². The fraction of sp³-hybridized carbons (Fsp3) is 0.632. The molecular formula is C19H27NO6. The SMILES string of the molecule is COC(CC1(O)CC2COCC(C1)N2C(=O)OCc1ccccc1)OC. The van der Waals surface area contributed by atoms with Crippen molar-refractivity contribution >= 4 is 6.09 Å². The summed E-state index contributed by atoms with van der Waals surface area (Å²) in [4.78, 5) is 14.4. The maximum atomic E-state index is 12.6. The first kappa shape index (κ1) is 19.1. The first-order chi connectivity index (χ1) is 12.5. The van der Waals surface area contributed by atoms with Crippen molar-refractivity contribution in [2.75, 3.05) is 27.4 Å². The summed E-state index contributed by atoms with van der Waals surface area (Å²) in [5, 5.41) is 11.0. The quantitative estimate of drug-likeness (QED) is 0.776. The molecule has 0 radical (unpaired) electrons. The molecular weight excluding hydrogens is 338 g/mol. The monoisotopic (exact) mass is 365 g/mol. The van der Waals surface area contributed by atoms with Crippen LogP contribution in [0.25, 0.3) is 0 Å². The van der Waals surface area contributed by atoms with Crippen LogP contribution in [0.15, 0.2) is 30.3 Å². The topological polar surface area (TPSA) is 77.5 Å². The van der Waals surface area contributed by atoms with Gasteiger partial charge >= 0.3 is 6.09 Å². The summed E-state index contributed by atoms with van der Waals surface area (Å²) in [5.74, 6) is 0. The maximum Gasteiger partial charge on any atom is 0.410 e. The van der Waals surface area contributed by atoms with Crippen molar-refractivity contribution in [3.63, 3.8) is 0 Å². The van der Waals surface area contributed by atoms with Crippen LogP contribution in [0, 0.1) is 0 Å². The number of ether oxygens (including phenoxy) is 4. The molecule has 0 aromatic heterocycles. The molecule has 7 heteroatoms. The van der Waals surface area contributed by atoms with E-state index < -0.39 is 11.9 Å². The van der Waals surface area contributed by atoms with Gasteiger partial charge in [-0.15, -0.1) is 0 Å². The van der Waals surface area contributed by atoms with Gasteiger partial charge in [-0.2, -0.15) is 0 Å². The first-order valence-electron chi connectivity index (χ1n) is 8.89. The lowest BCUT2D eigenvalue weighted by molar-refractivity contribution is -0.181. The van der Waals surface area contributed by atoms with E-state index in [1.54, 1.807) is 19.1 Å². The van der Waals surface area contributed by atoms with Gasteiger partial charge in [-0.05, 0) is 18.4 Å². The molecule has 3 rings (SSSR count). The minimum Gasteiger partial charge on any atom is -0.445 e. The van der Waals surface area contributed by atoms with E-state index in [0.29, 0.717) is 32.5 Å². The molecule has 1 amide bonds. The van der Waals surface area contributed by atoms with Crippen molar-refractivity contribution in [3.8, 4) is 0 Å². The Labute approximate surface area is 153 Å². The van der Waals surface area contributed by atoms with E-state index in [1.807, 2.05) is 30.3 Å². The first-order valence-corrected chi connectivity index (χ1v) is 8.89. The highest BCUT2D eigenvalue weighted by molar-refractivity contribution is 5.69. The third kappa shape index (κ3) is 4.35. The van der Waals surface area contributed by atoms with E-state index >= 15 is 0 Å². The molecule has 26 heavy (non-hydrogen) atoms. The largest absolute Gasteiger partial charge is 0.445 e. The second kappa shape index (κ2) is 8.35. The third-order valence-electron chi connectivity index (χ3n) is 5.13. The molecule has 2 unspecified atom stereocenters. The van der Waals surface area contributed by atoms with E-state index in [0.717, 1.165) is 5.56 Å². The maximum absolute atomic E-state index is 12.6. The lowest BCUT2D eigenvalue weighted by atomic mass is 9.79. The number of hydrogen-bond donors (Lipinski definition) is 1. The summed E-state index contributed by atoms with van der Waals surface area (Å²) in [6.45, 7) is 1.02. The van der Waals surface area contributed by atoms with E-state index in [-0.39, 0.29) is 24.8 Å². The molecule has 2 heterocycles. The van der Waals surface area contributed by atoms with Gasteiger partial charge in [0.1, 0.15) is 6.61 Å². The summed E-state index contributed by atoms with van der Waals surface area (Å²) >= 11 is 0. The Morgan fingerprint density at radius 2 is 1.85 bits per heavy atom. The number of amides is 1. The number of rotatable bonds is 6. The van der Waals surface area contributed by atoms with Crippen molar-refractivity contribution < 1.29 is 28.8 Å². The van der Waals surface area contributed by atoms with Crippen LogP contribution in [-0.4, -0.2) is 67.5 Å². The molecule has 1 N–H and O–H groups in total. The number of morpholine rings is 1. The van der Waals surface area contributed by atoms with E-state index in [2.05, 4.69) is 0 Å². The predicted octanol–water partition coefficient (Wildman–Crippen LogP) is 1.93. The van der Waals surface area contributed by atoms with Gasteiger partial charge in [0.15, 0.2) is 6.29 Å².